The fourth-order valence-corrected chi connectivity index (χ4v) is 2.26. The molecule has 0 spiro atoms. The summed E-state index contributed by atoms with van der Waals surface area (Å²) in [4.78, 5) is 4.75. The second-order valence-electron chi connectivity index (χ2n) is 5.31. The molecule has 1 aromatic carbocycles. The first-order valence-electron chi connectivity index (χ1n) is 6.30. The summed E-state index contributed by atoms with van der Waals surface area (Å²) in [6, 6.07) is 10.6. The Labute approximate surface area is 102 Å². The molecular weight excluding hydrogens is 208 g/mol. The highest BCUT2D eigenvalue weighted by Crippen LogP contribution is 2.36. The lowest BCUT2D eigenvalue weighted by Gasteiger charge is -2.09. The van der Waals surface area contributed by atoms with Gasteiger partial charge in [-0.15, -0.1) is 0 Å². The van der Waals surface area contributed by atoms with Crippen LogP contribution in [0.4, 0.5) is 0 Å². The van der Waals surface area contributed by atoms with Crippen molar-refractivity contribution in [2.75, 3.05) is 0 Å². The fraction of sp³-hybridized carbons (Fsp3) is 0.400. The Morgan fingerprint density at radius 2 is 2.06 bits per heavy atom. The van der Waals surface area contributed by atoms with Crippen molar-refractivity contribution in [1.82, 2.24) is 4.98 Å². The number of fused-ring (bicyclic) bond motifs is 1. The predicted octanol–water partition coefficient (Wildman–Crippen LogP) is 2.97. The van der Waals surface area contributed by atoms with E-state index in [1.807, 2.05) is 0 Å². The molecule has 0 radical (unpaired) electrons. The third kappa shape index (κ3) is 2.18. The second kappa shape index (κ2) is 3.81. The van der Waals surface area contributed by atoms with E-state index in [1.54, 1.807) is 0 Å². The van der Waals surface area contributed by atoms with E-state index in [9.17, 15) is 0 Å². The van der Waals surface area contributed by atoms with Gasteiger partial charge >= 0.3 is 0 Å². The van der Waals surface area contributed by atoms with Gasteiger partial charge in [-0.2, -0.15) is 0 Å². The minimum Gasteiger partial charge on any atom is -0.325 e. The summed E-state index contributed by atoms with van der Waals surface area (Å²) < 4.78 is 0. The maximum Gasteiger partial charge on any atom is 0.0734 e. The van der Waals surface area contributed by atoms with Gasteiger partial charge in [0.25, 0.3) is 0 Å². The summed E-state index contributed by atoms with van der Waals surface area (Å²) in [6.07, 6.45) is 4.43. The third-order valence-corrected chi connectivity index (χ3v) is 3.75. The van der Waals surface area contributed by atoms with Gasteiger partial charge in [0.15, 0.2) is 0 Å². The summed E-state index contributed by atoms with van der Waals surface area (Å²) >= 11 is 0. The van der Waals surface area contributed by atoms with Crippen molar-refractivity contribution in [3.05, 3.63) is 41.6 Å². The van der Waals surface area contributed by atoms with E-state index < -0.39 is 0 Å². The summed E-state index contributed by atoms with van der Waals surface area (Å²) in [5.41, 5.74) is 9.79. The fourth-order valence-electron chi connectivity index (χ4n) is 2.26. The summed E-state index contributed by atoms with van der Waals surface area (Å²) in [7, 11) is 0. The van der Waals surface area contributed by atoms with Crippen LogP contribution in [0.15, 0.2) is 30.3 Å². The quantitative estimate of drug-likeness (QED) is 0.874. The van der Waals surface area contributed by atoms with E-state index in [0.29, 0.717) is 0 Å². The Hall–Kier alpha value is -1.41. The van der Waals surface area contributed by atoms with Crippen molar-refractivity contribution >= 4 is 10.9 Å². The van der Waals surface area contributed by atoms with Crippen molar-refractivity contribution in [2.45, 2.75) is 38.1 Å². The zero-order chi connectivity index (χ0) is 11.9. The largest absolute Gasteiger partial charge is 0.325 e. The molecule has 3 rings (SSSR count). The van der Waals surface area contributed by atoms with Crippen LogP contribution in [0.3, 0.4) is 0 Å². The second-order valence-corrected chi connectivity index (χ2v) is 5.31. The van der Waals surface area contributed by atoms with Gasteiger partial charge in [-0.3, -0.25) is 4.98 Å². The van der Waals surface area contributed by atoms with E-state index >= 15 is 0 Å². The number of pyridine rings is 1. The Bertz CT molecular complexity index is 556. The molecule has 1 aliphatic carbocycles. The average Bonchev–Trinajstić information content (AvgIpc) is 3.06. The highest BCUT2D eigenvalue weighted by atomic mass is 14.8. The Kier molecular flexibility index (Phi) is 2.40. The molecule has 0 aliphatic heterocycles. The molecule has 1 aromatic heterocycles. The molecule has 17 heavy (non-hydrogen) atoms. The van der Waals surface area contributed by atoms with E-state index in [1.165, 1.54) is 29.5 Å². The summed E-state index contributed by atoms with van der Waals surface area (Å²) in [5, 5.41) is 1.22. The van der Waals surface area contributed by atoms with Gasteiger partial charge < -0.3 is 5.73 Å². The number of rotatable bonds is 3. The van der Waals surface area contributed by atoms with Crippen molar-refractivity contribution in [2.24, 2.45) is 5.73 Å². The Morgan fingerprint density at radius 1 is 1.24 bits per heavy atom. The first kappa shape index (κ1) is 10.7. The lowest BCUT2D eigenvalue weighted by atomic mass is 10.1. The summed E-state index contributed by atoms with van der Waals surface area (Å²) in [5.74, 6) is 0. The molecule has 1 saturated carbocycles. The van der Waals surface area contributed by atoms with Crippen LogP contribution in [-0.2, 0) is 6.42 Å². The lowest BCUT2D eigenvalue weighted by Crippen LogP contribution is -2.22. The molecule has 2 heteroatoms. The molecule has 2 aromatic rings. The van der Waals surface area contributed by atoms with Crippen LogP contribution in [0.5, 0.6) is 0 Å². The van der Waals surface area contributed by atoms with Gasteiger partial charge in [0.1, 0.15) is 0 Å². The Balaban J connectivity index is 1.87. The topological polar surface area (TPSA) is 38.9 Å². The molecular formula is C15H18N2. The van der Waals surface area contributed by atoms with Crippen molar-refractivity contribution < 1.29 is 0 Å². The molecule has 0 bridgehead atoms. The molecule has 0 atom stereocenters. The monoisotopic (exact) mass is 226 g/mol. The van der Waals surface area contributed by atoms with Gasteiger partial charge in [0, 0.05) is 16.6 Å². The first-order valence-corrected chi connectivity index (χ1v) is 6.30. The number of hydrogen-bond acceptors (Lipinski definition) is 2. The minimum absolute atomic E-state index is 0.127. The molecule has 0 unspecified atom stereocenters. The molecule has 0 saturated heterocycles. The average molecular weight is 226 g/mol. The van der Waals surface area contributed by atoms with E-state index in [2.05, 4.69) is 37.3 Å². The van der Waals surface area contributed by atoms with Gasteiger partial charge in [-0.25, -0.2) is 0 Å². The number of nitrogens with zero attached hydrogens (tertiary/aromatic N) is 1. The minimum atomic E-state index is 0.127. The molecule has 1 fully saturated rings. The van der Waals surface area contributed by atoms with E-state index in [0.717, 1.165) is 18.4 Å². The lowest BCUT2D eigenvalue weighted by molar-refractivity contribution is 0.604. The van der Waals surface area contributed by atoms with Crippen LogP contribution in [-0.4, -0.2) is 10.5 Å². The number of para-hydroxylation sites is 1. The standard InChI is InChI=1S/C15H18N2/c1-11-3-2-4-12-5-6-13(17-14(11)12)7-8-15(16)9-10-15/h2-6H,7-10,16H2,1H3. The van der Waals surface area contributed by atoms with Gasteiger partial charge in [0.2, 0.25) is 0 Å². The van der Waals surface area contributed by atoms with Gasteiger partial charge in [-0.05, 0) is 44.2 Å². The first-order chi connectivity index (χ1) is 8.16. The van der Waals surface area contributed by atoms with Crippen molar-refractivity contribution in [3.8, 4) is 0 Å². The summed E-state index contributed by atoms with van der Waals surface area (Å²) in [6.45, 7) is 2.12. The zero-order valence-corrected chi connectivity index (χ0v) is 10.2. The maximum absolute atomic E-state index is 6.11. The zero-order valence-electron chi connectivity index (χ0n) is 10.2. The van der Waals surface area contributed by atoms with Crippen molar-refractivity contribution in [3.63, 3.8) is 0 Å². The molecule has 1 aliphatic rings. The van der Waals surface area contributed by atoms with Crippen LogP contribution in [0, 0.1) is 6.92 Å². The molecule has 2 nitrogen and oxygen atoms in total. The number of hydrogen-bond donors (Lipinski definition) is 1. The van der Waals surface area contributed by atoms with Crippen LogP contribution >= 0.6 is 0 Å². The Morgan fingerprint density at radius 3 is 2.82 bits per heavy atom. The third-order valence-electron chi connectivity index (χ3n) is 3.75. The molecule has 88 valence electrons. The SMILES string of the molecule is Cc1cccc2ccc(CCC3(N)CC3)nc12. The van der Waals surface area contributed by atoms with Crippen LogP contribution < -0.4 is 5.73 Å². The predicted molar refractivity (Wildman–Crippen MR) is 71.0 cm³/mol. The van der Waals surface area contributed by atoms with Gasteiger partial charge in [-0.1, -0.05) is 24.3 Å². The molecule has 0 amide bonds. The van der Waals surface area contributed by atoms with Crippen LogP contribution in [0.1, 0.15) is 30.5 Å². The van der Waals surface area contributed by atoms with Crippen LogP contribution in [0.2, 0.25) is 0 Å². The number of aryl methyl sites for hydroxylation is 2. The van der Waals surface area contributed by atoms with Crippen LogP contribution in [0.25, 0.3) is 10.9 Å². The normalized spacial score (nSPS) is 17.3. The highest BCUT2D eigenvalue weighted by molar-refractivity contribution is 5.81. The molecule has 1 heterocycles. The maximum atomic E-state index is 6.11. The van der Waals surface area contributed by atoms with Gasteiger partial charge in [0.05, 0.1) is 5.52 Å². The molecule has 2 N–H and O–H groups in total. The number of benzene rings is 1. The number of nitrogens with two attached hydrogens (primary N) is 1. The smallest absolute Gasteiger partial charge is 0.0734 e. The van der Waals surface area contributed by atoms with E-state index in [4.69, 9.17) is 10.7 Å². The van der Waals surface area contributed by atoms with E-state index in [-0.39, 0.29) is 5.54 Å². The number of aromatic nitrogens is 1. The van der Waals surface area contributed by atoms with Crippen molar-refractivity contribution in [1.29, 1.82) is 0 Å². The highest BCUT2D eigenvalue weighted by Gasteiger charge is 2.37.